The number of aromatic nitrogens is 2. The van der Waals surface area contributed by atoms with Crippen LogP contribution in [0.15, 0.2) is 47.6 Å². The van der Waals surface area contributed by atoms with E-state index in [2.05, 4.69) is 21.4 Å². The lowest BCUT2D eigenvalue weighted by atomic mass is 10.1. The Morgan fingerprint density at radius 3 is 2.40 bits per heavy atom. The van der Waals surface area contributed by atoms with Gasteiger partial charge < -0.3 is 5.32 Å². The molecule has 0 unspecified atom stereocenters. The Balaban J connectivity index is 1.66. The van der Waals surface area contributed by atoms with E-state index in [0.29, 0.717) is 12.8 Å². The van der Waals surface area contributed by atoms with Gasteiger partial charge in [-0.05, 0) is 55.0 Å². The maximum atomic E-state index is 12.3. The Kier molecular flexibility index (Phi) is 5.34. The summed E-state index contributed by atoms with van der Waals surface area (Å²) < 4.78 is 0. The molecule has 0 spiro atoms. The highest BCUT2D eigenvalue weighted by Gasteiger charge is 2.11. The van der Waals surface area contributed by atoms with E-state index >= 15 is 0 Å². The van der Waals surface area contributed by atoms with Crippen LogP contribution in [0.5, 0.6) is 0 Å². The summed E-state index contributed by atoms with van der Waals surface area (Å²) in [6.07, 6.45) is 3.02. The summed E-state index contributed by atoms with van der Waals surface area (Å²) >= 11 is 1.53. The van der Waals surface area contributed by atoms with Gasteiger partial charge in [-0.25, -0.2) is 9.97 Å². The normalized spacial score (nSPS) is 10.8. The van der Waals surface area contributed by atoms with E-state index < -0.39 is 0 Å². The van der Waals surface area contributed by atoms with Crippen LogP contribution in [0, 0.1) is 13.8 Å². The highest BCUT2D eigenvalue weighted by molar-refractivity contribution is 7.98. The van der Waals surface area contributed by atoms with E-state index in [4.69, 9.17) is 0 Å². The Bertz CT molecular complexity index is 901. The quantitative estimate of drug-likeness (QED) is 0.542. The zero-order chi connectivity index (χ0) is 17.8. The van der Waals surface area contributed by atoms with Crippen molar-refractivity contribution < 1.29 is 4.79 Å². The predicted octanol–water partition coefficient (Wildman–Crippen LogP) is 4.54. The van der Waals surface area contributed by atoms with Crippen molar-refractivity contribution in [1.82, 2.24) is 9.97 Å². The largest absolute Gasteiger partial charge is 0.326 e. The SMILES string of the molecule is CSc1nc(C)c(CCC(=O)Nc2ccc3ccccc3c2)c(C)n1. The first kappa shape index (κ1) is 17.4. The van der Waals surface area contributed by atoms with Gasteiger partial charge in [0.1, 0.15) is 0 Å². The van der Waals surface area contributed by atoms with Crippen molar-refractivity contribution in [3.8, 4) is 0 Å². The number of thioether (sulfide) groups is 1. The second-order valence-electron chi connectivity index (χ2n) is 5.97. The third kappa shape index (κ3) is 4.17. The topological polar surface area (TPSA) is 54.9 Å². The van der Waals surface area contributed by atoms with Gasteiger partial charge in [0.05, 0.1) is 0 Å². The van der Waals surface area contributed by atoms with Gasteiger partial charge in [-0.1, -0.05) is 42.1 Å². The summed E-state index contributed by atoms with van der Waals surface area (Å²) in [5, 5.41) is 6.04. The summed E-state index contributed by atoms with van der Waals surface area (Å²) in [4.78, 5) is 21.2. The number of fused-ring (bicyclic) bond motifs is 1. The molecule has 25 heavy (non-hydrogen) atoms. The molecule has 1 N–H and O–H groups in total. The smallest absolute Gasteiger partial charge is 0.224 e. The highest BCUT2D eigenvalue weighted by Crippen LogP contribution is 2.20. The maximum absolute atomic E-state index is 12.3. The van der Waals surface area contributed by atoms with Gasteiger partial charge >= 0.3 is 0 Å². The molecule has 3 rings (SSSR count). The summed E-state index contributed by atoms with van der Waals surface area (Å²) in [6.45, 7) is 3.95. The van der Waals surface area contributed by atoms with Crippen molar-refractivity contribution in [2.24, 2.45) is 0 Å². The molecule has 128 valence electrons. The first-order valence-corrected chi connectivity index (χ1v) is 9.46. The minimum absolute atomic E-state index is 0.00280. The number of anilines is 1. The van der Waals surface area contributed by atoms with Crippen LogP contribution in [0.2, 0.25) is 0 Å². The van der Waals surface area contributed by atoms with Crippen LogP contribution in [-0.2, 0) is 11.2 Å². The molecule has 0 fully saturated rings. The van der Waals surface area contributed by atoms with Gasteiger partial charge in [-0.15, -0.1) is 0 Å². The van der Waals surface area contributed by atoms with Gasteiger partial charge in [-0.3, -0.25) is 4.79 Å². The minimum atomic E-state index is 0.00280. The van der Waals surface area contributed by atoms with Crippen LogP contribution >= 0.6 is 11.8 Å². The van der Waals surface area contributed by atoms with Gasteiger partial charge in [0, 0.05) is 23.5 Å². The van der Waals surface area contributed by atoms with Crippen LogP contribution in [0.3, 0.4) is 0 Å². The third-order valence-corrected chi connectivity index (χ3v) is 4.77. The first-order valence-electron chi connectivity index (χ1n) is 8.23. The maximum Gasteiger partial charge on any atom is 0.224 e. The van der Waals surface area contributed by atoms with E-state index in [1.165, 1.54) is 11.8 Å². The van der Waals surface area contributed by atoms with Crippen LogP contribution in [0.4, 0.5) is 5.69 Å². The molecule has 3 aromatic rings. The molecule has 0 aliphatic carbocycles. The molecule has 0 aliphatic heterocycles. The Hall–Kier alpha value is -2.40. The number of nitrogens with one attached hydrogen (secondary N) is 1. The molecule has 1 heterocycles. The minimum Gasteiger partial charge on any atom is -0.326 e. The van der Waals surface area contributed by atoms with Gasteiger partial charge in [0.2, 0.25) is 5.91 Å². The monoisotopic (exact) mass is 351 g/mol. The summed E-state index contributed by atoms with van der Waals surface area (Å²) in [7, 11) is 0. The number of carbonyl (C=O) groups excluding carboxylic acids is 1. The molecule has 2 aromatic carbocycles. The molecule has 5 heteroatoms. The van der Waals surface area contributed by atoms with E-state index in [1.807, 2.05) is 56.5 Å². The summed E-state index contributed by atoms with van der Waals surface area (Å²) in [5.41, 5.74) is 3.79. The van der Waals surface area contributed by atoms with Crippen LogP contribution in [-0.4, -0.2) is 22.1 Å². The van der Waals surface area contributed by atoms with Crippen molar-refractivity contribution in [3.05, 3.63) is 59.4 Å². The molecule has 0 saturated heterocycles. The number of hydrogen-bond acceptors (Lipinski definition) is 4. The second kappa shape index (κ2) is 7.66. The molecule has 1 amide bonds. The Morgan fingerprint density at radius 1 is 1.04 bits per heavy atom. The molecular formula is C20H21N3OS. The number of hydrogen-bond donors (Lipinski definition) is 1. The Labute approximate surface area is 152 Å². The zero-order valence-electron chi connectivity index (χ0n) is 14.7. The van der Waals surface area contributed by atoms with Crippen LogP contribution in [0.25, 0.3) is 10.8 Å². The molecule has 0 saturated carbocycles. The van der Waals surface area contributed by atoms with E-state index in [1.54, 1.807) is 0 Å². The fourth-order valence-corrected chi connectivity index (χ4v) is 3.35. The summed E-state index contributed by atoms with van der Waals surface area (Å²) in [6, 6.07) is 14.1. The first-order chi connectivity index (χ1) is 12.1. The molecule has 0 aliphatic rings. The number of rotatable bonds is 5. The average Bonchev–Trinajstić information content (AvgIpc) is 2.60. The lowest BCUT2D eigenvalue weighted by Gasteiger charge is -2.10. The van der Waals surface area contributed by atoms with Crippen molar-refractivity contribution in [2.45, 2.75) is 31.8 Å². The molecule has 0 radical (unpaired) electrons. The molecule has 4 nitrogen and oxygen atoms in total. The van der Waals surface area contributed by atoms with Gasteiger partial charge in [0.25, 0.3) is 0 Å². The number of nitrogens with zero attached hydrogens (tertiary/aromatic N) is 2. The predicted molar refractivity (Wildman–Crippen MR) is 104 cm³/mol. The fourth-order valence-electron chi connectivity index (χ4n) is 2.89. The van der Waals surface area contributed by atoms with Gasteiger partial charge in [-0.2, -0.15) is 0 Å². The van der Waals surface area contributed by atoms with Crippen molar-refractivity contribution >= 4 is 34.1 Å². The number of aryl methyl sites for hydroxylation is 2. The molecule has 1 aromatic heterocycles. The van der Waals surface area contributed by atoms with Crippen molar-refractivity contribution in [2.75, 3.05) is 11.6 Å². The number of benzene rings is 2. The highest BCUT2D eigenvalue weighted by atomic mass is 32.2. The molecular weight excluding hydrogens is 330 g/mol. The van der Waals surface area contributed by atoms with Crippen LogP contribution in [0.1, 0.15) is 23.4 Å². The lowest BCUT2D eigenvalue weighted by molar-refractivity contribution is -0.116. The van der Waals surface area contributed by atoms with Crippen LogP contribution < -0.4 is 5.32 Å². The molecule has 0 atom stereocenters. The second-order valence-corrected chi connectivity index (χ2v) is 6.74. The van der Waals surface area contributed by atoms with Crippen molar-refractivity contribution in [1.29, 1.82) is 0 Å². The number of carbonyl (C=O) groups is 1. The van der Waals surface area contributed by atoms with Gasteiger partial charge in [0.15, 0.2) is 5.16 Å². The average molecular weight is 351 g/mol. The fraction of sp³-hybridized carbons (Fsp3) is 0.250. The zero-order valence-corrected chi connectivity index (χ0v) is 15.5. The molecule has 0 bridgehead atoms. The standard InChI is InChI=1S/C20H21N3OS/c1-13-18(14(2)22-20(21-13)25-3)10-11-19(24)23-17-9-8-15-6-4-5-7-16(15)12-17/h4-9,12H,10-11H2,1-3H3,(H,23,24). The Morgan fingerprint density at radius 2 is 1.72 bits per heavy atom. The van der Waals surface area contributed by atoms with E-state index in [0.717, 1.165) is 38.6 Å². The summed E-state index contributed by atoms with van der Waals surface area (Å²) in [5.74, 6) is 0.00280. The van der Waals surface area contributed by atoms with Crippen molar-refractivity contribution in [3.63, 3.8) is 0 Å². The van der Waals surface area contributed by atoms with E-state index in [9.17, 15) is 4.79 Å². The lowest BCUT2D eigenvalue weighted by Crippen LogP contribution is -2.13. The van der Waals surface area contributed by atoms with E-state index in [-0.39, 0.29) is 5.91 Å². The number of amides is 1. The third-order valence-electron chi connectivity index (χ3n) is 4.22.